The van der Waals surface area contributed by atoms with Gasteiger partial charge in [-0.15, -0.1) is 0 Å². The maximum Gasteiger partial charge on any atom is 0.426 e. The Morgan fingerprint density at radius 2 is 1.10 bits per heavy atom. The predicted molar refractivity (Wildman–Crippen MR) is 186 cm³/mol. The van der Waals surface area contributed by atoms with Crippen LogP contribution in [0.2, 0.25) is 0 Å². The molecule has 14 nitrogen and oxygen atoms in total. The second-order valence-electron chi connectivity index (χ2n) is 13.9. The van der Waals surface area contributed by atoms with Gasteiger partial charge in [0.15, 0.2) is 11.6 Å². The van der Waals surface area contributed by atoms with Gasteiger partial charge in [0.2, 0.25) is 11.6 Å². The number of carbonyl (C=O) groups excluding carboxylic acids is 2. The number of hydrogen-bond donors (Lipinski definition) is 2. The van der Waals surface area contributed by atoms with Gasteiger partial charge in [0, 0.05) is 12.4 Å². The van der Waals surface area contributed by atoms with E-state index in [0.717, 1.165) is 38.5 Å². The van der Waals surface area contributed by atoms with Gasteiger partial charge < -0.3 is 9.47 Å². The molecule has 2 aliphatic rings. The summed E-state index contributed by atoms with van der Waals surface area (Å²) in [6.07, 6.45) is 8.09. The zero-order valence-electron chi connectivity index (χ0n) is 28.7. The van der Waals surface area contributed by atoms with Crippen LogP contribution >= 0.6 is 31.9 Å². The van der Waals surface area contributed by atoms with E-state index >= 15 is 0 Å². The van der Waals surface area contributed by atoms with E-state index in [1.807, 2.05) is 53.7 Å². The maximum atomic E-state index is 12.3. The van der Waals surface area contributed by atoms with E-state index in [0.29, 0.717) is 32.4 Å². The van der Waals surface area contributed by atoms with E-state index in [1.165, 1.54) is 12.4 Å². The minimum absolute atomic E-state index is 0.0508. The van der Waals surface area contributed by atoms with Crippen LogP contribution in [0.4, 0.5) is 21.2 Å². The first-order valence-corrected chi connectivity index (χ1v) is 17.4. The van der Waals surface area contributed by atoms with Gasteiger partial charge in [-0.25, -0.2) is 30.4 Å². The predicted octanol–water partition coefficient (Wildman–Crippen LogP) is 7.09. The molecular weight excluding hydrogens is 748 g/mol. The number of hydrogen-bond acceptors (Lipinski definition) is 12. The van der Waals surface area contributed by atoms with Gasteiger partial charge >= 0.3 is 12.2 Å². The van der Waals surface area contributed by atoms with E-state index in [1.54, 1.807) is 10.0 Å². The second-order valence-corrected chi connectivity index (χ2v) is 15.6. The summed E-state index contributed by atoms with van der Waals surface area (Å²) >= 11 is 6.82. The third-order valence-corrected chi connectivity index (χ3v) is 8.74. The second kappa shape index (κ2) is 16.6. The summed E-state index contributed by atoms with van der Waals surface area (Å²) in [6, 6.07) is 4.02. The quantitative estimate of drug-likeness (QED) is 0.284. The minimum atomic E-state index is -0.599. The van der Waals surface area contributed by atoms with Crippen LogP contribution in [-0.2, 0) is 9.47 Å². The molecule has 260 valence electrons. The van der Waals surface area contributed by atoms with Crippen LogP contribution in [0.5, 0.6) is 0 Å². The highest BCUT2D eigenvalue weighted by atomic mass is 79.9. The molecule has 2 amide bonds. The summed E-state index contributed by atoms with van der Waals surface area (Å²) < 4.78 is 11.9. The Balaban J connectivity index is 0.000000260. The normalized spacial score (nSPS) is 20.3. The molecule has 2 fully saturated rings. The number of nitrogens with zero attached hydrogens (tertiary/aromatic N) is 8. The third kappa shape index (κ3) is 11.2. The molecular formula is C32H44Br2N10O4. The summed E-state index contributed by atoms with van der Waals surface area (Å²) in [4.78, 5) is 40.9. The molecule has 0 spiro atoms. The van der Waals surface area contributed by atoms with Crippen molar-refractivity contribution in [1.82, 2.24) is 30.8 Å². The molecule has 0 bridgehead atoms. The Bertz CT molecular complexity index is 1420. The zero-order valence-corrected chi connectivity index (χ0v) is 31.8. The molecule has 2 aromatic rings. The molecule has 2 aromatic heterocycles. The molecule has 2 aliphatic carbocycles. The lowest BCUT2D eigenvalue weighted by molar-refractivity contribution is 0.0500. The molecule has 48 heavy (non-hydrogen) atoms. The number of nitrogens with one attached hydrogen (secondary N) is 2. The van der Waals surface area contributed by atoms with Crippen molar-refractivity contribution in [1.29, 1.82) is 10.5 Å². The Morgan fingerprint density at radius 3 is 1.38 bits per heavy atom. The molecule has 4 atom stereocenters. The summed E-state index contributed by atoms with van der Waals surface area (Å²) in [5.41, 5.74) is 4.39. The number of anilines is 2. The lowest BCUT2D eigenvalue weighted by atomic mass is 10.1. The zero-order chi connectivity index (χ0) is 35.8. The van der Waals surface area contributed by atoms with Gasteiger partial charge in [-0.05, 0) is 111 Å². The van der Waals surface area contributed by atoms with Crippen molar-refractivity contribution in [2.24, 2.45) is 11.8 Å². The van der Waals surface area contributed by atoms with Crippen molar-refractivity contribution >= 4 is 55.7 Å². The Labute approximate surface area is 299 Å². The molecule has 0 saturated heterocycles. The number of aromatic nitrogens is 4. The standard InChI is InChI=1S/2C16H22BrN5O2/c2*1-10-6-5-7-12(10)22(21-15(23)24-16(2,3)4)14-11(17)9-19-13(8-18)20-14/h2*9-10,12H,5-7H2,1-4H3,(H,21,23)/t2*10-,12+/m10/s1. The monoisotopic (exact) mass is 790 g/mol. The van der Waals surface area contributed by atoms with Crippen LogP contribution in [0.25, 0.3) is 0 Å². The average molecular weight is 793 g/mol. The molecule has 2 saturated carbocycles. The molecule has 2 N–H and O–H groups in total. The first-order valence-electron chi connectivity index (χ1n) is 15.9. The van der Waals surface area contributed by atoms with Crippen LogP contribution in [0.15, 0.2) is 21.3 Å². The minimum Gasteiger partial charge on any atom is -0.443 e. The highest BCUT2D eigenvalue weighted by Crippen LogP contribution is 2.35. The largest absolute Gasteiger partial charge is 0.443 e. The molecule has 16 heteroatoms. The fourth-order valence-corrected chi connectivity index (χ4v) is 6.33. The smallest absolute Gasteiger partial charge is 0.426 e. The van der Waals surface area contributed by atoms with Crippen LogP contribution in [-0.4, -0.2) is 55.4 Å². The summed E-state index contributed by atoms with van der Waals surface area (Å²) in [5, 5.41) is 21.5. The van der Waals surface area contributed by atoms with Crippen molar-refractivity contribution < 1.29 is 19.1 Å². The van der Waals surface area contributed by atoms with Gasteiger partial charge in [0.25, 0.3) is 0 Å². The summed E-state index contributed by atoms with van der Waals surface area (Å²) in [7, 11) is 0. The number of rotatable bonds is 6. The lowest BCUT2D eigenvalue weighted by Gasteiger charge is -2.34. The van der Waals surface area contributed by atoms with E-state index < -0.39 is 23.4 Å². The first kappa shape index (κ1) is 38.7. The van der Waals surface area contributed by atoms with E-state index in [2.05, 4.69) is 76.5 Å². The van der Waals surface area contributed by atoms with E-state index in [9.17, 15) is 9.59 Å². The fraction of sp³-hybridized carbons (Fsp3) is 0.625. The number of halogens is 2. The topological polar surface area (TPSA) is 182 Å². The molecule has 0 unspecified atom stereocenters. The van der Waals surface area contributed by atoms with Crippen LogP contribution in [0, 0.1) is 34.5 Å². The highest BCUT2D eigenvalue weighted by molar-refractivity contribution is 9.11. The summed E-state index contributed by atoms with van der Waals surface area (Å²) in [6.45, 7) is 15.1. The van der Waals surface area contributed by atoms with Gasteiger partial charge in [-0.2, -0.15) is 20.5 Å². The molecule has 0 radical (unpaired) electrons. The first-order chi connectivity index (χ1) is 22.4. The fourth-order valence-electron chi connectivity index (χ4n) is 5.57. The molecule has 4 rings (SSSR count). The highest BCUT2D eigenvalue weighted by Gasteiger charge is 2.35. The number of nitriles is 2. The van der Waals surface area contributed by atoms with Crippen LogP contribution in [0.1, 0.15) is 106 Å². The summed E-state index contributed by atoms with van der Waals surface area (Å²) in [5.74, 6) is 1.79. The van der Waals surface area contributed by atoms with Gasteiger partial charge in [0.1, 0.15) is 23.3 Å². The Kier molecular flexibility index (Phi) is 13.4. The van der Waals surface area contributed by atoms with Crippen molar-refractivity contribution in [2.45, 2.75) is 117 Å². The van der Waals surface area contributed by atoms with E-state index in [4.69, 9.17) is 20.0 Å². The van der Waals surface area contributed by atoms with Crippen molar-refractivity contribution in [2.75, 3.05) is 10.0 Å². The Hall–Kier alpha value is -3.76. The number of carbonyl (C=O) groups is 2. The van der Waals surface area contributed by atoms with E-state index in [-0.39, 0.29) is 23.7 Å². The van der Waals surface area contributed by atoms with Crippen LogP contribution in [0.3, 0.4) is 0 Å². The number of hydrazine groups is 2. The number of amides is 2. The van der Waals surface area contributed by atoms with Crippen molar-refractivity contribution in [3.8, 4) is 12.1 Å². The lowest BCUT2D eigenvalue weighted by Crippen LogP contribution is -2.52. The molecule has 2 heterocycles. The van der Waals surface area contributed by atoms with Gasteiger partial charge in [-0.1, -0.05) is 26.7 Å². The third-order valence-electron chi connectivity index (χ3n) is 7.62. The average Bonchev–Trinajstić information content (AvgIpc) is 3.61. The van der Waals surface area contributed by atoms with Gasteiger partial charge in [0.05, 0.1) is 21.0 Å². The van der Waals surface area contributed by atoms with Crippen molar-refractivity contribution in [3.63, 3.8) is 0 Å². The van der Waals surface area contributed by atoms with Crippen LogP contribution < -0.4 is 20.9 Å². The Morgan fingerprint density at radius 1 is 0.750 bits per heavy atom. The number of ether oxygens (including phenoxy) is 2. The van der Waals surface area contributed by atoms with Crippen molar-refractivity contribution in [3.05, 3.63) is 33.0 Å². The SMILES string of the molecule is C[C@@H]1CCC[C@@H]1N(NC(=O)OC(C)(C)C)c1nc(C#N)ncc1Br.C[C@H]1CCC[C@H]1N(NC(=O)OC(C)(C)C)c1nc(C#N)ncc1Br. The van der Waals surface area contributed by atoms with Gasteiger partial charge in [-0.3, -0.25) is 10.0 Å². The molecule has 0 aromatic carbocycles. The molecule has 0 aliphatic heterocycles. The maximum absolute atomic E-state index is 12.3.